The Morgan fingerprint density at radius 3 is 2.24 bits per heavy atom. The van der Waals surface area contributed by atoms with Crippen LogP contribution >= 0.6 is 23.5 Å². The number of amides is 1. The lowest BCUT2D eigenvalue weighted by Crippen LogP contribution is -2.16. The normalized spacial score (nSPS) is 11.9. The number of thioether (sulfide) groups is 2. The second kappa shape index (κ2) is 11.4. The van der Waals surface area contributed by atoms with Crippen molar-refractivity contribution in [1.82, 2.24) is 4.98 Å². The van der Waals surface area contributed by atoms with Crippen molar-refractivity contribution in [2.45, 2.75) is 28.0 Å². The summed E-state index contributed by atoms with van der Waals surface area (Å²) < 4.78 is 105. The Balaban J connectivity index is 1.88. The molecule has 1 aromatic heterocycles. The minimum atomic E-state index is -4.95. The third-order valence-corrected chi connectivity index (χ3v) is 6.29. The second-order valence-corrected chi connectivity index (χ2v) is 9.19. The fraction of sp³-hybridized carbons (Fsp3) is 0.174. The summed E-state index contributed by atoms with van der Waals surface area (Å²) in [6, 6.07) is 11.0. The highest BCUT2D eigenvalue weighted by molar-refractivity contribution is 8.00. The van der Waals surface area contributed by atoms with Crippen LogP contribution in [0.25, 0.3) is 11.3 Å². The summed E-state index contributed by atoms with van der Waals surface area (Å²) in [5.74, 6) is -4.11. The number of nitriles is 1. The van der Waals surface area contributed by atoms with Gasteiger partial charge in [0.1, 0.15) is 11.1 Å². The number of alkyl halides is 8. The van der Waals surface area contributed by atoms with Gasteiger partial charge in [0.2, 0.25) is 5.91 Å². The van der Waals surface area contributed by atoms with Crippen molar-refractivity contribution in [1.29, 1.82) is 5.26 Å². The van der Waals surface area contributed by atoms with Gasteiger partial charge in [0.25, 0.3) is 5.76 Å². The molecule has 0 saturated carbocycles. The molecular formula is C23H13F8N3OS2. The molecule has 194 valence electrons. The summed E-state index contributed by atoms with van der Waals surface area (Å²) in [6.07, 6.45) is -9.60. The first-order chi connectivity index (χ1) is 17.3. The van der Waals surface area contributed by atoms with E-state index in [2.05, 4.69) is 10.3 Å². The topological polar surface area (TPSA) is 65.8 Å². The number of benzene rings is 2. The fourth-order valence-corrected chi connectivity index (χ4v) is 4.32. The molecule has 0 saturated heterocycles. The first kappa shape index (κ1) is 28.3. The monoisotopic (exact) mass is 563 g/mol. The van der Waals surface area contributed by atoms with E-state index < -0.39 is 51.5 Å². The highest BCUT2D eigenvalue weighted by Gasteiger charge is 2.36. The molecule has 0 aliphatic heterocycles. The van der Waals surface area contributed by atoms with Gasteiger partial charge in [-0.25, -0.2) is 4.98 Å². The highest BCUT2D eigenvalue weighted by atomic mass is 32.2. The summed E-state index contributed by atoms with van der Waals surface area (Å²) >= 11 is 0.734. The van der Waals surface area contributed by atoms with Crippen LogP contribution in [0.2, 0.25) is 0 Å². The molecule has 1 amide bonds. The van der Waals surface area contributed by atoms with Crippen LogP contribution in [-0.2, 0) is 17.1 Å². The number of nitrogens with one attached hydrogen (secondary N) is 1. The summed E-state index contributed by atoms with van der Waals surface area (Å²) in [7, 11) is 0. The number of hydrogen-bond acceptors (Lipinski definition) is 5. The maximum Gasteiger partial charge on any atom is 0.417 e. The smallest absolute Gasteiger partial charge is 0.325 e. The molecule has 4 nitrogen and oxygen atoms in total. The molecule has 1 heterocycles. The zero-order valence-corrected chi connectivity index (χ0v) is 19.8. The van der Waals surface area contributed by atoms with Crippen molar-refractivity contribution in [3.8, 4) is 17.3 Å². The molecule has 3 rings (SSSR count). The van der Waals surface area contributed by atoms with E-state index in [-0.39, 0.29) is 33.6 Å². The Bertz CT molecular complexity index is 1320. The molecule has 0 radical (unpaired) electrons. The van der Waals surface area contributed by atoms with Crippen LogP contribution in [-0.4, -0.2) is 22.4 Å². The molecule has 0 unspecified atom stereocenters. The number of halogens is 8. The van der Waals surface area contributed by atoms with Gasteiger partial charge >= 0.3 is 12.4 Å². The minimum Gasteiger partial charge on any atom is -0.325 e. The average Bonchev–Trinajstić information content (AvgIpc) is 2.81. The Hall–Kier alpha value is -3.31. The SMILES string of the molecule is N#Cc1c(C(F)(F)F)cc(-c2ccc(SC(F)F)cc2)nc1SCC(=O)Nc1cccc(C(F)(F)F)c1. The Morgan fingerprint density at radius 2 is 1.68 bits per heavy atom. The highest BCUT2D eigenvalue weighted by Crippen LogP contribution is 2.38. The molecule has 37 heavy (non-hydrogen) atoms. The van der Waals surface area contributed by atoms with Gasteiger partial charge in [-0.15, -0.1) is 0 Å². The third kappa shape index (κ3) is 7.59. The molecule has 0 fully saturated rings. The molecule has 2 aromatic carbocycles. The molecule has 0 bridgehead atoms. The van der Waals surface area contributed by atoms with Gasteiger partial charge in [0.05, 0.1) is 28.1 Å². The summed E-state index contributed by atoms with van der Waals surface area (Å²) in [4.78, 5) is 16.5. The zero-order chi connectivity index (χ0) is 27.4. The second-order valence-electron chi connectivity index (χ2n) is 7.16. The van der Waals surface area contributed by atoms with Gasteiger partial charge in [-0.3, -0.25) is 4.79 Å². The van der Waals surface area contributed by atoms with E-state index in [4.69, 9.17) is 0 Å². The molecular weight excluding hydrogens is 550 g/mol. The van der Waals surface area contributed by atoms with Crippen LogP contribution < -0.4 is 5.32 Å². The number of anilines is 1. The Kier molecular flexibility index (Phi) is 8.70. The molecule has 14 heteroatoms. The van der Waals surface area contributed by atoms with Crippen LogP contribution in [0.3, 0.4) is 0 Å². The van der Waals surface area contributed by atoms with Crippen molar-refractivity contribution in [2.75, 3.05) is 11.1 Å². The minimum absolute atomic E-state index is 0.142. The predicted octanol–water partition coefficient (Wildman–Crippen LogP) is 7.70. The Labute approximate surface area is 213 Å². The van der Waals surface area contributed by atoms with Crippen LogP contribution in [0.1, 0.15) is 16.7 Å². The van der Waals surface area contributed by atoms with E-state index in [1.807, 2.05) is 0 Å². The van der Waals surface area contributed by atoms with Gasteiger partial charge in [0.15, 0.2) is 0 Å². The maximum absolute atomic E-state index is 13.7. The molecule has 0 aliphatic carbocycles. The van der Waals surface area contributed by atoms with Crippen molar-refractivity contribution in [3.63, 3.8) is 0 Å². The number of carbonyl (C=O) groups is 1. The molecule has 3 aromatic rings. The van der Waals surface area contributed by atoms with E-state index in [1.54, 1.807) is 0 Å². The van der Waals surface area contributed by atoms with Crippen molar-refractivity contribution < 1.29 is 39.9 Å². The molecule has 1 N–H and O–H groups in total. The number of carbonyl (C=O) groups excluding carboxylic acids is 1. The average molecular weight is 563 g/mol. The van der Waals surface area contributed by atoms with Crippen molar-refractivity contribution in [2.24, 2.45) is 0 Å². The maximum atomic E-state index is 13.7. The third-order valence-electron chi connectivity index (χ3n) is 4.59. The first-order valence-electron chi connectivity index (χ1n) is 9.95. The Morgan fingerprint density at radius 1 is 1.00 bits per heavy atom. The van der Waals surface area contributed by atoms with Crippen molar-refractivity contribution >= 4 is 35.1 Å². The quantitative estimate of drug-likeness (QED) is 0.236. The van der Waals surface area contributed by atoms with E-state index in [1.165, 1.54) is 36.4 Å². The first-order valence-corrected chi connectivity index (χ1v) is 11.8. The van der Waals surface area contributed by atoms with Crippen LogP contribution in [0.4, 0.5) is 40.8 Å². The lowest BCUT2D eigenvalue weighted by atomic mass is 10.1. The number of hydrogen-bond donors (Lipinski definition) is 1. The van der Waals surface area contributed by atoms with Gasteiger partial charge < -0.3 is 5.32 Å². The standard InChI is InChI=1S/C23H13F8N3OS2/c24-21(25)37-15-6-4-12(5-7-15)18-9-17(23(29,30)31)16(10-32)20(34-18)36-11-19(35)33-14-3-1-2-13(8-14)22(26,27)28/h1-9,21H,11H2,(H,33,35). The summed E-state index contributed by atoms with van der Waals surface area (Å²) in [6.45, 7) is 0. The van der Waals surface area contributed by atoms with Crippen LogP contribution in [0, 0.1) is 11.3 Å². The fourth-order valence-electron chi connectivity index (χ4n) is 3.02. The summed E-state index contributed by atoms with van der Waals surface area (Å²) in [5.41, 5.74) is -3.42. The number of aromatic nitrogens is 1. The summed E-state index contributed by atoms with van der Waals surface area (Å²) in [5, 5.41) is 11.2. The van der Waals surface area contributed by atoms with E-state index in [0.29, 0.717) is 23.9 Å². The molecule has 0 spiro atoms. The van der Waals surface area contributed by atoms with E-state index >= 15 is 0 Å². The van der Waals surface area contributed by atoms with Crippen LogP contribution in [0.15, 0.2) is 64.5 Å². The molecule has 0 atom stereocenters. The van der Waals surface area contributed by atoms with Gasteiger partial charge in [-0.1, -0.05) is 41.7 Å². The number of nitrogens with zero attached hydrogens (tertiary/aromatic N) is 2. The van der Waals surface area contributed by atoms with E-state index in [9.17, 15) is 45.2 Å². The number of rotatable bonds is 7. The predicted molar refractivity (Wildman–Crippen MR) is 122 cm³/mol. The van der Waals surface area contributed by atoms with E-state index in [0.717, 1.165) is 12.1 Å². The molecule has 0 aliphatic rings. The van der Waals surface area contributed by atoms with Crippen LogP contribution in [0.5, 0.6) is 0 Å². The zero-order valence-electron chi connectivity index (χ0n) is 18.1. The van der Waals surface area contributed by atoms with Gasteiger partial charge in [0, 0.05) is 16.1 Å². The number of pyridine rings is 1. The van der Waals surface area contributed by atoms with Crippen molar-refractivity contribution in [3.05, 3.63) is 71.3 Å². The van der Waals surface area contributed by atoms with Gasteiger partial charge in [-0.2, -0.15) is 40.4 Å². The largest absolute Gasteiger partial charge is 0.417 e. The van der Waals surface area contributed by atoms with Gasteiger partial charge in [-0.05, 0) is 36.4 Å². The lowest BCUT2D eigenvalue weighted by molar-refractivity contribution is -0.138. The lowest BCUT2D eigenvalue weighted by Gasteiger charge is -2.14.